The summed E-state index contributed by atoms with van der Waals surface area (Å²) in [5, 5.41) is 0.610. The molecule has 1 aromatic rings. The molecule has 1 amide bonds. The smallest absolute Gasteiger partial charge is 0.276 e. The maximum atomic E-state index is 12.5. The fraction of sp³-hybridized carbons (Fsp3) is 0.412. The molecule has 0 bridgehead atoms. The van der Waals surface area contributed by atoms with E-state index in [1.54, 1.807) is 4.90 Å². The van der Waals surface area contributed by atoms with Gasteiger partial charge < -0.3 is 4.90 Å². The number of carbonyl (C=O) groups is 1. The molecule has 4 heteroatoms. The monoisotopic (exact) mass is 302 g/mol. The van der Waals surface area contributed by atoms with Gasteiger partial charge in [0.05, 0.1) is 0 Å². The highest BCUT2D eigenvalue weighted by Gasteiger charge is 2.34. The summed E-state index contributed by atoms with van der Waals surface area (Å²) >= 11 is 5.40. The highest BCUT2D eigenvalue weighted by atomic mass is 32.1. The molecule has 0 aliphatic carbocycles. The molecule has 1 aliphatic heterocycles. The molecule has 3 nitrogen and oxygen atoms in total. The van der Waals surface area contributed by atoms with Crippen LogP contribution in [0.3, 0.4) is 0 Å². The second-order valence-corrected chi connectivity index (χ2v) is 5.66. The molecular formula is C17H22N2OS. The van der Waals surface area contributed by atoms with Gasteiger partial charge in [-0.15, -0.1) is 0 Å². The van der Waals surface area contributed by atoms with E-state index in [0.717, 1.165) is 18.4 Å². The largest absolute Gasteiger partial charge is 0.317 e. The minimum absolute atomic E-state index is 0.0165. The predicted molar refractivity (Wildman–Crippen MR) is 90.6 cm³/mol. The standard InChI is InChI=1S/C17H22N2OS/c1-3-4-5-9-12-19-16(20)15(18(2)17(19)21)13-14-10-7-6-8-11-14/h6-8,10-11,13H,3-5,9,12H2,1-2H3/b15-13+. The molecule has 0 unspecified atom stereocenters. The zero-order valence-electron chi connectivity index (χ0n) is 12.7. The Balaban J connectivity index is 2.09. The Kier molecular flexibility index (Phi) is 5.51. The van der Waals surface area contributed by atoms with Gasteiger partial charge in [-0.05, 0) is 30.3 Å². The zero-order valence-corrected chi connectivity index (χ0v) is 13.5. The lowest BCUT2D eigenvalue weighted by molar-refractivity contribution is -0.122. The summed E-state index contributed by atoms with van der Waals surface area (Å²) in [5.41, 5.74) is 1.67. The van der Waals surface area contributed by atoms with Gasteiger partial charge in [-0.2, -0.15) is 0 Å². The van der Waals surface area contributed by atoms with Crippen LogP contribution in [0.25, 0.3) is 6.08 Å². The van der Waals surface area contributed by atoms with Gasteiger partial charge >= 0.3 is 0 Å². The average Bonchev–Trinajstić information content (AvgIpc) is 2.70. The number of likely N-dealkylation sites (N-methyl/N-ethyl adjacent to an activating group) is 1. The van der Waals surface area contributed by atoms with Crippen molar-refractivity contribution in [1.29, 1.82) is 0 Å². The lowest BCUT2D eigenvalue weighted by Gasteiger charge is -2.16. The van der Waals surface area contributed by atoms with Crippen LogP contribution in [0, 0.1) is 0 Å². The maximum Gasteiger partial charge on any atom is 0.276 e. The second kappa shape index (κ2) is 7.36. The van der Waals surface area contributed by atoms with Crippen molar-refractivity contribution < 1.29 is 4.79 Å². The molecule has 0 aromatic heterocycles. The third-order valence-electron chi connectivity index (χ3n) is 3.68. The fourth-order valence-electron chi connectivity index (χ4n) is 2.41. The molecular weight excluding hydrogens is 280 g/mol. The molecule has 1 aliphatic rings. The van der Waals surface area contributed by atoms with E-state index < -0.39 is 0 Å². The van der Waals surface area contributed by atoms with Crippen molar-refractivity contribution in [1.82, 2.24) is 9.80 Å². The van der Waals surface area contributed by atoms with Crippen LogP contribution in [0.2, 0.25) is 0 Å². The first-order valence-corrected chi connectivity index (χ1v) is 7.92. The van der Waals surface area contributed by atoms with Crippen molar-refractivity contribution in [3.05, 3.63) is 41.6 Å². The van der Waals surface area contributed by atoms with Crippen LogP contribution in [-0.2, 0) is 4.79 Å². The van der Waals surface area contributed by atoms with Gasteiger partial charge in [0.2, 0.25) is 0 Å². The number of nitrogens with zero attached hydrogens (tertiary/aromatic N) is 2. The summed E-state index contributed by atoms with van der Waals surface area (Å²) in [5.74, 6) is 0.0165. The number of rotatable bonds is 6. The number of amides is 1. The lowest BCUT2D eigenvalue weighted by atomic mass is 10.2. The number of thiocarbonyl (C=S) groups is 1. The third kappa shape index (κ3) is 3.70. The quantitative estimate of drug-likeness (QED) is 0.455. The lowest BCUT2D eigenvalue weighted by Crippen LogP contribution is -2.32. The van der Waals surface area contributed by atoms with Crippen LogP contribution >= 0.6 is 12.2 Å². The van der Waals surface area contributed by atoms with Crippen LogP contribution in [0.4, 0.5) is 0 Å². The number of hydrogen-bond acceptors (Lipinski definition) is 2. The summed E-state index contributed by atoms with van der Waals surface area (Å²) in [6.07, 6.45) is 6.45. The van der Waals surface area contributed by atoms with E-state index in [4.69, 9.17) is 12.2 Å². The Morgan fingerprint density at radius 1 is 1.14 bits per heavy atom. The summed E-state index contributed by atoms with van der Waals surface area (Å²) in [7, 11) is 1.86. The van der Waals surface area contributed by atoms with E-state index >= 15 is 0 Å². The highest BCUT2D eigenvalue weighted by Crippen LogP contribution is 2.22. The van der Waals surface area contributed by atoms with Crippen molar-refractivity contribution >= 4 is 29.3 Å². The van der Waals surface area contributed by atoms with Crippen molar-refractivity contribution in [2.75, 3.05) is 13.6 Å². The van der Waals surface area contributed by atoms with E-state index in [9.17, 15) is 4.79 Å². The first-order valence-electron chi connectivity index (χ1n) is 7.51. The van der Waals surface area contributed by atoms with Gasteiger partial charge in [0.15, 0.2) is 5.11 Å². The van der Waals surface area contributed by atoms with E-state index in [2.05, 4.69) is 6.92 Å². The van der Waals surface area contributed by atoms with E-state index in [0.29, 0.717) is 17.4 Å². The molecule has 21 heavy (non-hydrogen) atoms. The summed E-state index contributed by atoms with van der Waals surface area (Å²) < 4.78 is 0. The van der Waals surface area contributed by atoms with Gasteiger partial charge in [-0.1, -0.05) is 56.5 Å². The van der Waals surface area contributed by atoms with Crippen molar-refractivity contribution in [3.63, 3.8) is 0 Å². The van der Waals surface area contributed by atoms with Crippen LogP contribution < -0.4 is 0 Å². The molecule has 0 radical (unpaired) electrons. The van der Waals surface area contributed by atoms with Gasteiger partial charge in [-0.25, -0.2) is 0 Å². The molecule has 1 saturated heterocycles. The summed E-state index contributed by atoms with van der Waals surface area (Å²) in [6, 6.07) is 9.87. The van der Waals surface area contributed by atoms with Crippen LogP contribution in [0.5, 0.6) is 0 Å². The normalized spacial score (nSPS) is 17.1. The average molecular weight is 302 g/mol. The van der Waals surface area contributed by atoms with Crippen molar-refractivity contribution in [2.45, 2.75) is 32.6 Å². The molecule has 0 spiro atoms. The number of carbonyl (C=O) groups excluding carboxylic acids is 1. The number of benzene rings is 1. The Labute approximate surface area is 132 Å². The Morgan fingerprint density at radius 2 is 1.86 bits per heavy atom. The van der Waals surface area contributed by atoms with Gasteiger partial charge in [-0.3, -0.25) is 9.69 Å². The second-order valence-electron chi connectivity index (χ2n) is 5.30. The molecule has 1 heterocycles. The SMILES string of the molecule is CCCCCCN1C(=O)/C(=C\c2ccccc2)N(C)C1=S. The Morgan fingerprint density at radius 3 is 2.52 bits per heavy atom. The van der Waals surface area contributed by atoms with Gasteiger partial charge in [0.1, 0.15) is 5.70 Å². The molecule has 1 fully saturated rings. The highest BCUT2D eigenvalue weighted by molar-refractivity contribution is 7.80. The third-order valence-corrected chi connectivity index (χ3v) is 4.18. The molecule has 2 rings (SSSR count). The fourth-order valence-corrected chi connectivity index (χ4v) is 2.68. The topological polar surface area (TPSA) is 23.6 Å². The molecule has 112 valence electrons. The van der Waals surface area contributed by atoms with Crippen LogP contribution in [0.1, 0.15) is 38.2 Å². The first-order chi connectivity index (χ1) is 10.1. The minimum atomic E-state index is 0.0165. The van der Waals surface area contributed by atoms with E-state index in [1.807, 2.05) is 48.4 Å². The maximum absolute atomic E-state index is 12.5. The van der Waals surface area contributed by atoms with E-state index in [-0.39, 0.29) is 5.91 Å². The van der Waals surface area contributed by atoms with Crippen molar-refractivity contribution in [3.8, 4) is 0 Å². The zero-order chi connectivity index (χ0) is 15.2. The van der Waals surface area contributed by atoms with Gasteiger partial charge in [0.25, 0.3) is 5.91 Å². The number of unbranched alkanes of at least 4 members (excludes halogenated alkanes) is 3. The minimum Gasteiger partial charge on any atom is -0.317 e. The van der Waals surface area contributed by atoms with E-state index in [1.165, 1.54) is 12.8 Å². The Bertz CT molecular complexity index is 539. The first kappa shape index (κ1) is 15.7. The number of hydrogen-bond donors (Lipinski definition) is 0. The summed E-state index contributed by atoms with van der Waals surface area (Å²) in [4.78, 5) is 16.1. The summed E-state index contributed by atoms with van der Waals surface area (Å²) in [6.45, 7) is 2.90. The van der Waals surface area contributed by atoms with Crippen LogP contribution in [-0.4, -0.2) is 34.4 Å². The molecule has 0 saturated carbocycles. The predicted octanol–water partition coefficient (Wildman–Crippen LogP) is 3.67. The molecule has 1 aromatic carbocycles. The van der Waals surface area contributed by atoms with Gasteiger partial charge in [0, 0.05) is 13.6 Å². The van der Waals surface area contributed by atoms with Crippen molar-refractivity contribution in [2.24, 2.45) is 0 Å². The molecule has 0 N–H and O–H groups in total. The molecule has 0 atom stereocenters. The van der Waals surface area contributed by atoms with Crippen LogP contribution in [0.15, 0.2) is 36.0 Å². The Hall–Kier alpha value is -1.68.